The Kier molecular flexibility index (Phi) is 5.11. The largest absolute Gasteiger partial charge is 0.496 e. The average molecular weight is 383 g/mol. The molecular formula is C18H24BF2NO5. The molecule has 0 spiro atoms. The molecule has 3 rings (SSSR count). The van der Waals surface area contributed by atoms with Crippen LogP contribution in [0, 0.1) is 0 Å². The van der Waals surface area contributed by atoms with Gasteiger partial charge in [-0.25, -0.2) is 0 Å². The number of alkyl halides is 2. The first-order valence-corrected chi connectivity index (χ1v) is 8.87. The van der Waals surface area contributed by atoms with E-state index in [4.69, 9.17) is 14.0 Å². The highest BCUT2D eigenvalue weighted by Gasteiger charge is 2.52. The van der Waals surface area contributed by atoms with Gasteiger partial charge in [-0.1, -0.05) is 0 Å². The van der Waals surface area contributed by atoms with Crippen LogP contribution >= 0.6 is 0 Å². The Bertz CT molecular complexity index is 721. The van der Waals surface area contributed by atoms with Gasteiger partial charge in [-0.2, -0.15) is 8.78 Å². The third kappa shape index (κ3) is 4.04. The Morgan fingerprint density at radius 2 is 1.74 bits per heavy atom. The summed E-state index contributed by atoms with van der Waals surface area (Å²) in [6.07, 6.45) is 1.73. The standard InChI is InChI=1S/C18H24BF2NO5/c1-17(2)18(3,4)27-19(26-17)10-8-12(24-5)14(13(9-10)25-16(20)21)15(23)22-11-6-7-11/h8-9,11,16H,6-7H2,1-5H3,(H,22,23). The summed E-state index contributed by atoms with van der Waals surface area (Å²) in [6, 6.07) is 2.96. The van der Waals surface area contributed by atoms with Crippen molar-refractivity contribution in [2.45, 2.75) is 64.4 Å². The Balaban J connectivity index is 2.00. The van der Waals surface area contributed by atoms with E-state index in [0.29, 0.717) is 5.46 Å². The summed E-state index contributed by atoms with van der Waals surface area (Å²) in [5, 5.41) is 2.77. The molecule has 1 aromatic carbocycles. The van der Waals surface area contributed by atoms with Crippen molar-refractivity contribution >= 4 is 18.5 Å². The second-order valence-electron chi connectivity index (χ2n) is 7.81. The highest BCUT2D eigenvalue weighted by molar-refractivity contribution is 6.62. The molecule has 1 heterocycles. The number of carbonyl (C=O) groups is 1. The number of benzene rings is 1. The van der Waals surface area contributed by atoms with E-state index in [9.17, 15) is 13.6 Å². The maximum absolute atomic E-state index is 13.0. The minimum Gasteiger partial charge on any atom is -0.496 e. The molecule has 27 heavy (non-hydrogen) atoms. The normalized spacial score (nSPS) is 20.7. The Morgan fingerprint density at radius 1 is 1.19 bits per heavy atom. The van der Waals surface area contributed by atoms with Gasteiger partial charge in [-0.05, 0) is 58.1 Å². The van der Waals surface area contributed by atoms with Gasteiger partial charge in [0.05, 0.1) is 18.3 Å². The third-order valence-electron chi connectivity index (χ3n) is 5.19. The van der Waals surface area contributed by atoms with Crippen LogP contribution in [0.2, 0.25) is 0 Å². The lowest BCUT2D eigenvalue weighted by Gasteiger charge is -2.32. The van der Waals surface area contributed by atoms with Gasteiger partial charge in [0.2, 0.25) is 0 Å². The highest BCUT2D eigenvalue weighted by atomic mass is 19.3. The molecule has 0 radical (unpaired) electrons. The molecule has 0 aromatic heterocycles. The first-order chi connectivity index (χ1) is 12.5. The number of carbonyl (C=O) groups excluding carboxylic acids is 1. The van der Waals surface area contributed by atoms with Crippen molar-refractivity contribution in [1.82, 2.24) is 5.32 Å². The summed E-state index contributed by atoms with van der Waals surface area (Å²) in [7, 11) is 0.563. The summed E-state index contributed by atoms with van der Waals surface area (Å²) < 4.78 is 47.8. The van der Waals surface area contributed by atoms with Crippen LogP contribution in [0.1, 0.15) is 50.9 Å². The third-order valence-corrected chi connectivity index (χ3v) is 5.19. The Labute approximate surface area is 157 Å². The molecule has 1 aromatic rings. The minimum atomic E-state index is -3.09. The fourth-order valence-corrected chi connectivity index (χ4v) is 2.78. The summed E-state index contributed by atoms with van der Waals surface area (Å²) >= 11 is 0. The van der Waals surface area contributed by atoms with Crippen molar-refractivity contribution in [3.05, 3.63) is 17.7 Å². The molecule has 1 amide bonds. The summed E-state index contributed by atoms with van der Waals surface area (Å²) in [4.78, 5) is 12.5. The molecule has 1 saturated heterocycles. The molecule has 148 valence electrons. The SMILES string of the molecule is COc1cc(B2OC(C)(C)C(C)(C)O2)cc(OC(F)F)c1C(=O)NC1CC1. The van der Waals surface area contributed by atoms with E-state index in [1.165, 1.54) is 13.2 Å². The van der Waals surface area contributed by atoms with E-state index >= 15 is 0 Å². The first kappa shape index (κ1) is 19.9. The summed E-state index contributed by atoms with van der Waals surface area (Å²) in [5.41, 5.74) is -0.832. The average Bonchev–Trinajstić information content (AvgIpc) is 3.32. The number of nitrogens with one attached hydrogen (secondary N) is 1. The predicted octanol–water partition coefficient (Wildman–Crippen LogP) is 2.49. The van der Waals surface area contributed by atoms with Gasteiger partial charge in [0.25, 0.3) is 5.91 Å². The van der Waals surface area contributed by atoms with Gasteiger partial charge < -0.3 is 24.1 Å². The number of methoxy groups -OCH3 is 1. The zero-order chi connectivity index (χ0) is 20.0. The van der Waals surface area contributed by atoms with Crippen LogP contribution in [-0.4, -0.2) is 44.0 Å². The number of hydrogen-bond donors (Lipinski definition) is 1. The number of halogens is 2. The molecule has 9 heteroatoms. The molecule has 2 aliphatic rings. The van der Waals surface area contributed by atoms with E-state index in [1.807, 2.05) is 27.7 Å². The Hall–Kier alpha value is -1.87. The molecule has 1 aliphatic carbocycles. The smallest absolute Gasteiger partial charge is 0.495 e. The van der Waals surface area contributed by atoms with Gasteiger partial charge in [0, 0.05) is 6.04 Å². The molecule has 1 N–H and O–H groups in total. The number of hydrogen-bond acceptors (Lipinski definition) is 5. The van der Waals surface area contributed by atoms with Crippen LogP contribution in [0.4, 0.5) is 8.78 Å². The number of amides is 1. The zero-order valence-corrected chi connectivity index (χ0v) is 16.1. The molecule has 2 fully saturated rings. The molecule has 0 unspecified atom stereocenters. The van der Waals surface area contributed by atoms with Gasteiger partial charge in [-0.3, -0.25) is 4.79 Å². The molecular weight excluding hydrogens is 359 g/mol. The first-order valence-electron chi connectivity index (χ1n) is 8.87. The maximum Gasteiger partial charge on any atom is 0.495 e. The van der Waals surface area contributed by atoms with Gasteiger partial charge in [0.15, 0.2) is 0 Å². The monoisotopic (exact) mass is 383 g/mol. The molecule has 1 saturated carbocycles. The van der Waals surface area contributed by atoms with Crippen LogP contribution in [0.25, 0.3) is 0 Å². The van der Waals surface area contributed by atoms with Gasteiger partial charge in [-0.15, -0.1) is 0 Å². The Morgan fingerprint density at radius 3 is 2.22 bits per heavy atom. The van der Waals surface area contributed by atoms with Crippen LogP contribution in [0.5, 0.6) is 11.5 Å². The highest BCUT2D eigenvalue weighted by Crippen LogP contribution is 2.38. The molecule has 0 atom stereocenters. The van der Waals surface area contributed by atoms with E-state index in [0.717, 1.165) is 12.8 Å². The lowest BCUT2D eigenvalue weighted by atomic mass is 9.78. The van der Waals surface area contributed by atoms with Crippen LogP contribution < -0.4 is 20.3 Å². The second-order valence-corrected chi connectivity index (χ2v) is 7.81. The van der Waals surface area contributed by atoms with Crippen LogP contribution in [0.3, 0.4) is 0 Å². The summed E-state index contributed by atoms with van der Waals surface area (Å²) in [6.45, 7) is 4.46. The maximum atomic E-state index is 13.0. The number of rotatable bonds is 6. The summed E-state index contributed by atoms with van der Waals surface area (Å²) in [5.74, 6) is -0.659. The van der Waals surface area contributed by atoms with Crippen LogP contribution in [0.15, 0.2) is 12.1 Å². The van der Waals surface area contributed by atoms with Crippen molar-refractivity contribution < 1.29 is 32.4 Å². The fraction of sp³-hybridized carbons (Fsp3) is 0.611. The van der Waals surface area contributed by atoms with Crippen molar-refractivity contribution in [2.75, 3.05) is 7.11 Å². The van der Waals surface area contributed by atoms with Crippen LogP contribution in [-0.2, 0) is 9.31 Å². The van der Waals surface area contributed by atoms with E-state index in [2.05, 4.69) is 10.1 Å². The van der Waals surface area contributed by atoms with Gasteiger partial charge >= 0.3 is 13.7 Å². The van der Waals surface area contributed by atoms with Gasteiger partial charge in [0.1, 0.15) is 17.1 Å². The van der Waals surface area contributed by atoms with E-state index < -0.39 is 30.8 Å². The number of ether oxygens (including phenoxy) is 2. The van der Waals surface area contributed by atoms with Crippen molar-refractivity contribution in [1.29, 1.82) is 0 Å². The topological polar surface area (TPSA) is 66.0 Å². The minimum absolute atomic E-state index is 0.0596. The lowest BCUT2D eigenvalue weighted by Crippen LogP contribution is -2.41. The van der Waals surface area contributed by atoms with Crippen molar-refractivity contribution in [3.63, 3.8) is 0 Å². The lowest BCUT2D eigenvalue weighted by molar-refractivity contribution is -0.0502. The quantitative estimate of drug-likeness (QED) is 0.765. The van der Waals surface area contributed by atoms with E-state index in [1.54, 1.807) is 6.07 Å². The van der Waals surface area contributed by atoms with Crippen molar-refractivity contribution in [3.8, 4) is 11.5 Å². The fourth-order valence-electron chi connectivity index (χ4n) is 2.78. The molecule has 6 nitrogen and oxygen atoms in total. The van der Waals surface area contributed by atoms with E-state index in [-0.39, 0.29) is 23.1 Å². The predicted molar refractivity (Wildman–Crippen MR) is 95.8 cm³/mol. The zero-order valence-electron chi connectivity index (χ0n) is 16.1. The molecule has 1 aliphatic heterocycles. The second kappa shape index (κ2) is 6.94. The van der Waals surface area contributed by atoms with Crippen molar-refractivity contribution in [2.24, 2.45) is 0 Å². The molecule has 0 bridgehead atoms.